The van der Waals surface area contributed by atoms with E-state index in [0.717, 1.165) is 0 Å². The average Bonchev–Trinajstić information content (AvgIpc) is 1.95. The zero-order chi connectivity index (χ0) is 7.56. The van der Waals surface area contributed by atoms with Crippen molar-refractivity contribution in [2.24, 2.45) is 0 Å². The molecule has 0 atom stereocenters. The topological polar surface area (TPSA) is 30.0 Å². The van der Waals surface area contributed by atoms with Crippen LogP contribution < -0.4 is 0 Å². The molecule has 2 nitrogen and oxygen atoms in total. The highest BCUT2D eigenvalue weighted by Gasteiger charge is 2.03. The number of rotatable bonds is 1. The van der Waals surface area contributed by atoms with E-state index in [0.29, 0.717) is 6.29 Å². The number of aldehydes is 1. The van der Waals surface area contributed by atoms with Crippen molar-refractivity contribution in [1.29, 1.82) is 0 Å². The zero-order valence-corrected chi connectivity index (χ0v) is 6.43. The van der Waals surface area contributed by atoms with Crippen LogP contribution in [0.15, 0.2) is 16.7 Å². The second kappa shape index (κ2) is 2.88. The van der Waals surface area contributed by atoms with Crippen LogP contribution >= 0.6 is 15.9 Å². The van der Waals surface area contributed by atoms with Crippen molar-refractivity contribution in [3.8, 4) is 0 Å². The van der Waals surface area contributed by atoms with Gasteiger partial charge in [-0.25, -0.2) is 4.98 Å². The SMILES string of the molecule is O=Cc1ccnc(F)c1Br. The molecule has 1 aromatic rings. The molecule has 0 spiro atoms. The summed E-state index contributed by atoms with van der Waals surface area (Å²) in [5.74, 6) is -0.662. The van der Waals surface area contributed by atoms with E-state index in [1.54, 1.807) is 0 Å². The Morgan fingerprint density at radius 1 is 1.70 bits per heavy atom. The molecule has 52 valence electrons. The van der Waals surface area contributed by atoms with Gasteiger partial charge in [0.2, 0.25) is 5.95 Å². The first kappa shape index (κ1) is 7.34. The zero-order valence-electron chi connectivity index (χ0n) is 4.84. The van der Waals surface area contributed by atoms with Gasteiger partial charge in [-0.2, -0.15) is 4.39 Å². The number of nitrogens with zero attached hydrogens (tertiary/aromatic N) is 1. The lowest BCUT2D eigenvalue weighted by Gasteiger charge is -1.93. The summed E-state index contributed by atoms with van der Waals surface area (Å²) >= 11 is 2.87. The van der Waals surface area contributed by atoms with E-state index in [1.165, 1.54) is 12.3 Å². The number of halogens is 2. The molecule has 0 aromatic carbocycles. The predicted molar refractivity (Wildman–Crippen MR) is 37.3 cm³/mol. The molecule has 0 aliphatic carbocycles. The molecule has 4 heteroatoms. The Labute approximate surface area is 65.2 Å². The molecule has 1 aromatic heterocycles. The lowest BCUT2D eigenvalue weighted by molar-refractivity contribution is 0.112. The molecule has 0 N–H and O–H groups in total. The third kappa shape index (κ3) is 1.21. The molecule has 0 fully saturated rings. The van der Waals surface area contributed by atoms with Crippen LogP contribution in [-0.4, -0.2) is 11.3 Å². The summed E-state index contributed by atoms with van der Waals surface area (Å²) in [4.78, 5) is 13.5. The van der Waals surface area contributed by atoms with Crippen molar-refractivity contribution in [3.63, 3.8) is 0 Å². The molecule has 0 aliphatic rings. The Morgan fingerprint density at radius 2 is 2.40 bits per heavy atom. The minimum Gasteiger partial charge on any atom is -0.298 e. The quantitative estimate of drug-likeness (QED) is 0.515. The number of carbonyl (C=O) groups excluding carboxylic acids is 1. The van der Waals surface area contributed by atoms with Gasteiger partial charge in [0.25, 0.3) is 0 Å². The standard InChI is InChI=1S/C6H3BrFNO/c7-5-4(3-10)1-2-9-6(5)8/h1-3H. The summed E-state index contributed by atoms with van der Waals surface area (Å²) in [6, 6.07) is 1.43. The van der Waals surface area contributed by atoms with Gasteiger partial charge < -0.3 is 0 Å². The summed E-state index contributed by atoms with van der Waals surface area (Å²) in [6.45, 7) is 0. The molecule has 0 unspecified atom stereocenters. The molecule has 0 saturated heterocycles. The Hall–Kier alpha value is -0.770. The monoisotopic (exact) mass is 203 g/mol. The molecule has 1 rings (SSSR count). The first-order chi connectivity index (χ1) is 4.75. The first-order valence-corrected chi connectivity index (χ1v) is 3.30. The van der Waals surface area contributed by atoms with E-state index in [9.17, 15) is 9.18 Å². The molecule has 0 aliphatic heterocycles. The highest BCUT2D eigenvalue weighted by molar-refractivity contribution is 9.10. The fourth-order valence-electron chi connectivity index (χ4n) is 0.523. The van der Waals surface area contributed by atoms with Gasteiger partial charge in [-0.3, -0.25) is 4.79 Å². The summed E-state index contributed by atoms with van der Waals surface area (Å²) in [5, 5.41) is 0. The van der Waals surface area contributed by atoms with E-state index >= 15 is 0 Å². The van der Waals surface area contributed by atoms with E-state index in [1.807, 2.05) is 0 Å². The van der Waals surface area contributed by atoms with Gasteiger partial charge in [0.15, 0.2) is 6.29 Å². The normalized spacial score (nSPS) is 9.40. The first-order valence-electron chi connectivity index (χ1n) is 2.51. The number of hydrogen-bond donors (Lipinski definition) is 0. The average molecular weight is 204 g/mol. The van der Waals surface area contributed by atoms with Crippen LogP contribution in [0.2, 0.25) is 0 Å². The minimum atomic E-state index is -0.662. The van der Waals surface area contributed by atoms with Gasteiger partial charge >= 0.3 is 0 Å². The number of aromatic nitrogens is 1. The van der Waals surface area contributed by atoms with E-state index in [2.05, 4.69) is 20.9 Å². The van der Waals surface area contributed by atoms with Gasteiger partial charge in [-0.05, 0) is 22.0 Å². The summed E-state index contributed by atoms with van der Waals surface area (Å²) in [5.41, 5.74) is 0.271. The van der Waals surface area contributed by atoms with Crippen molar-refractivity contribution in [3.05, 3.63) is 28.2 Å². The molecule has 0 bridgehead atoms. The number of pyridine rings is 1. The Bertz CT molecular complexity index is 264. The molecule has 10 heavy (non-hydrogen) atoms. The van der Waals surface area contributed by atoms with Crippen molar-refractivity contribution in [2.75, 3.05) is 0 Å². The van der Waals surface area contributed by atoms with Crippen LogP contribution in [0.4, 0.5) is 4.39 Å². The van der Waals surface area contributed by atoms with Gasteiger partial charge in [0.05, 0.1) is 4.47 Å². The molecule has 0 amide bonds. The maximum Gasteiger partial charge on any atom is 0.227 e. The van der Waals surface area contributed by atoms with Crippen molar-refractivity contribution >= 4 is 22.2 Å². The predicted octanol–water partition coefficient (Wildman–Crippen LogP) is 1.80. The third-order valence-corrected chi connectivity index (χ3v) is 1.79. The lowest BCUT2D eigenvalue weighted by atomic mass is 10.3. The Balaban J connectivity index is 3.27. The van der Waals surface area contributed by atoms with E-state index in [-0.39, 0.29) is 10.0 Å². The highest BCUT2D eigenvalue weighted by atomic mass is 79.9. The Kier molecular flexibility index (Phi) is 2.11. The molecular formula is C6H3BrFNO. The van der Waals surface area contributed by atoms with Crippen LogP contribution in [0, 0.1) is 5.95 Å². The maximum atomic E-state index is 12.4. The fourth-order valence-corrected chi connectivity index (χ4v) is 0.851. The van der Waals surface area contributed by atoms with E-state index in [4.69, 9.17) is 0 Å². The van der Waals surface area contributed by atoms with Crippen LogP contribution in [0.5, 0.6) is 0 Å². The summed E-state index contributed by atoms with van der Waals surface area (Å²) in [6.07, 6.45) is 1.80. The summed E-state index contributed by atoms with van der Waals surface area (Å²) < 4.78 is 12.6. The van der Waals surface area contributed by atoms with Crippen molar-refractivity contribution in [2.45, 2.75) is 0 Å². The number of hydrogen-bond acceptors (Lipinski definition) is 2. The number of carbonyl (C=O) groups is 1. The maximum absolute atomic E-state index is 12.4. The minimum absolute atomic E-state index is 0.116. The second-order valence-corrected chi connectivity index (χ2v) is 2.42. The highest BCUT2D eigenvalue weighted by Crippen LogP contribution is 2.15. The third-order valence-electron chi connectivity index (χ3n) is 1.00. The van der Waals surface area contributed by atoms with Crippen LogP contribution in [0.3, 0.4) is 0 Å². The smallest absolute Gasteiger partial charge is 0.227 e. The van der Waals surface area contributed by atoms with E-state index < -0.39 is 5.95 Å². The fraction of sp³-hybridized carbons (Fsp3) is 0. The molecular weight excluding hydrogens is 201 g/mol. The summed E-state index contributed by atoms with van der Waals surface area (Å²) in [7, 11) is 0. The van der Waals surface area contributed by atoms with Gasteiger partial charge in [0, 0.05) is 11.8 Å². The second-order valence-electron chi connectivity index (χ2n) is 1.62. The molecule has 0 saturated carbocycles. The van der Waals surface area contributed by atoms with Gasteiger partial charge in [0.1, 0.15) is 0 Å². The Morgan fingerprint density at radius 3 is 2.90 bits per heavy atom. The van der Waals surface area contributed by atoms with Crippen LogP contribution in [-0.2, 0) is 0 Å². The van der Waals surface area contributed by atoms with Gasteiger partial charge in [-0.1, -0.05) is 0 Å². The molecule has 1 heterocycles. The van der Waals surface area contributed by atoms with Crippen molar-refractivity contribution < 1.29 is 9.18 Å². The van der Waals surface area contributed by atoms with Gasteiger partial charge in [-0.15, -0.1) is 0 Å². The lowest BCUT2D eigenvalue weighted by Crippen LogP contribution is -1.89. The molecule has 0 radical (unpaired) electrons. The van der Waals surface area contributed by atoms with Crippen LogP contribution in [0.25, 0.3) is 0 Å². The largest absolute Gasteiger partial charge is 0.298 e. The van der Waals surface area contributed by atoms with Crippen molar-refractivity contribution in [1.82, 2.24) is 4.98 Å². The van der Waals surface area contributed by atoms with Crippen LogP contribution in [0.1, 0.15) is 10.4 Å².